The monoisotopic (exact) mass is 333 g/mol. The van der Waals surface area contributed by atoms with Crippen molar-refractivity contribution in [2.75, 3.05) is 6.61 Å². The summed E-state index contributed by atoms with van der Waals surface area (Å²) in [6, 6.07) is 1.59. The van der Waals surface area contributed by atoms with E-state index in [9.17, 15) is 9.59 Å². The first kappa shape index (κ1) is 16.2. The number of nitrogens with zero attached hydrogens (tertiary/aromatic N) is 2. The molecule has 128 valence electrons. The first-order valence-electron chi connectivity index (χ1n) is 7.80. The summed E-state index contributed by atoms with van der Waals surface area (Å²) in [7, 11) is 0. The third-order valence-electron chi connectivity index (χ3n) is 4.44. The molecule has 1 unspecified atom stereocenters. The highest BCUT2D eigenvalue weighted by atomic mass is 16.7. The molecular weight excluding hydrogens is 314 g/mol. The number of fused-ring (bicyclic) bond motifs is 1. The second kappa shape index (κ2) is 5.77. The van der Waals surface area contributed by atoms with Crippen LogP contribution in [0.5, 0.6) is 11.6 Å². The molecule has 0 saturated heterocycles. The molecule has 0 bridgehead atoms. The van der Waals surface area contributed by atoms with Gasteiger partial charge in [0.1, 0.15) is 5.54 Å². The molecule has 8 nitrogen and oxygen atoms in total. The first-order valence-corrected chi connectivity index (χ1v) is 7.80. The number of ether oxygens (including phenoxy) is 2. The van der Waals surface area contributed by atoms with Gasteiger partial charge in [-0.3, -0.25) is 4.79 Å². The molecular formula is C16H19N3O5. The minimum atomic E-state index is -1.45. The van der Waals surface area contributed by atoms with Gasteiger partial charge in [-0.05, 0) is 31.7 Å². The van der Waals surface area contributed by atoms with Crippen LogP contribution in [0, 0.1) is 5.92 Å². The summed E-state index contributed by atoms with van der Waals surface area (Å²) in [5.41, 5.74) is 0.00225. The molecule has 0 aliphatic carbocycles. The molecule has 3 rings (SSSR count). The number of carbonyl (C=O) groups is 2. The molecule has 0 saturated carbocycles. The van der Waals surface area contributed by atoms with Crippen LogP contribution in [0.1, 0.15) is 38.4 Å². The number of hydrogen-bond acceptors (Lipinski definition) is 6. The highest BCUT2D eigenvalue weighted by Crippen LogP contribution is 2.33. The van der Waals surface area contributed by atoms with Gasteiger partial charge in [0, 0.05) is 5.56 Å². The minimum Gasteiger partial charge on any atom is -0.477 e. The Morgan fingerprint density at radius 2 is 2.25 bits per heavy atom. The quantitative estimate of drug-likeness (QED) is 0.816. The number of rotatable bonds is 3. The number of amides is 1. The van der Waals surface area contributed by atoms with E-state index in [0.29, 0.717) is 12.5 Å². The van der Waals surface area contributed by atoms with Crippen molar-refractivity contribution >= 4 is 17.9 Å². The Kier molecular flexibility index (Phi) is 3.90. The largest absolute Gasteiger partial charge is 0.511 e. The topological polar surface area (TPSA) is 110 Å². The molecule has 2 N–H and O–H groups in total. The molecule has 1 aromatic heterocycles. The van der Waals surface area contributed by atoms with Crippen molar-refractivity contribution in [2.45, 2.75) is 39.2 Å². The van der Waals surface area contributed by atoms with E-state index >= 15 is 0 Å². The van der Waals surface area contributed by atoms with Crippen molar-refractivity contribution in [3.8, 4) is 11.6 Å². The Morgan fingerprint density at radius 3 is 2.88 bits per heavy atom. The van der Waals surface area contributed by atoms with Crippen molar-refractivity contribution in [2.24, 2.45) is 10.9 Å². The predicted octanol–water partition coefficient (Wildman–Crippen LogP) is 1.75. The zero-order valence-corrected chi connectivity index (χ0v) is 13.8. The van der Waals surface area contributed by atoms with Crippen LogP contribution in [0.25, 0.3) is 0 Å². The lowest BCUT2D eigenvalue weighted by atomic mass is 9.89. The molecule has 24 heavy (non-hydrogen) atoms. The fourth-order valence-electron chi connectivity index (χ4n) is 2.64. The van der Waals surface area contributed by atoms with Crippen LogP contribution in [-0.2, 0) is 11.2 Å². The maximum absolute atomic E-state index is 12.3. The lowest BCUT2D eigenvalue weighted by Gasteiger charge is -2.21. The summed E-state index contributed by atoms with van der Waals surface area (Å²) in [6.45, 7) is 6.06. The van der Waals surface area contributed by atoms with E-state index in [1.807, 2.05) is 13.8 Å². The van der Waals surface area contributed by atoms with E-state index in [2.05, 4.69) is 15.3 Å². The Balaban J connectivity index is 2.09. The van der Waals surface area contributed by atoms with Gasteiger partial charge in [0.2, 0.25) is 5.88 Å². The van der Waals surface area contributed by atoms with Gasteiger partial charge in [0.05, 0.1) is 6.61 Å². The van der Waals surface area contributed by atoms with Gasteiger partial charge in [0.25, 0.3) is 5.91 Å². The molecule has 0 radical (unpaired) electrons. The van der Waals surface area contributed by atoms with Gasteiger partial charge < -0.3 is 19.9 Å². The zero-order chi connectivity index (χ0) is 17.5. The third kappa shape index (κ3) is 2.68. The van der Waals surface area contributed by atoms with Crippen LogP contribution in [0.2, 0.25) is 0 Å². The zero-order valence-electron chi connectivity index (χ0n) is 13.8. The van der Waals surface area contributed by atoms with Gasteiger partial charge in [-0.2, -0.15) is 0 Å². The molecule has 0 spiro atoms. The second-order valence-electron chi connectivity index (χ2n) is 6.34. The Labute approximate surface area is 138 Å². The number of carboxylic acid groups (broad SMARTS) is 1. The van der Waals surface area contributed by atoms with E-state index in [0.717, 1.165) is 18.4 Å². The van der Waals surface area contributed by atoms with Crippen molar-refractivity contribution in [1.29, 1.82) is 0 Å². The lowest BCUT2D eigenvalue weighted by molar-refractivity contribution is -0.124. The SMILES string of the molecule is CC(C)C1(C)N=C(c2nc3c(cc2OC(=O)O)CCCO3)NC1=O. The highest BCUT2D eigenvalue weighted by Gasteiger charge is 2.43. The van der Waals surface area contributed by atoms with Crippen molar-refractivity contribution in [3.63, 3.8) is 0 Å². The number of hydrogen-bond donors (Lipinski definition) is 2. The van der Waals surface area contributed by atoms with Crippen LogP contribution in [0.3, 0.4) is 0 Å². The summed E-state index contributed by atoms with van der Waals surface area (Å²) in [5, 5.41) is 11.7. The Morgan fingerprint density at radius 1 is 1.50 bits per heavy atom. The molecule has 0 fully saturated rings. The van der Waals surface area contributed by atoms with Gasteiger partial charge >= 0.3 is 6.16 Å². The summed E-state index contributed by atoms with van der Waals surface area (Å²) < 4.78 is 10.4. The van der Waals surface area contributed by atoms with E-state index in [1.54, 1.807) is 13.0 Å². The molecule has 1 atom stereocenters. The number of aliphatic imine (C=N–C) groups is 1. The molecule has 1 aromatic rings. The minimum absolute atomic E-state index is 0.0345. The van der Waals surface area contributed by atoms with Crippen molar-refractivity contribution in [3.05, 3.63) is 17.3 Å². The average molecular weight is 333 g/mol. The first-order chi connectivity index (χ1) is 11.3. The van der Waals surface area contributed by atoms with E-state index < -0.39 is 11.7 Å². The standard InChI is InChI=1S/C16H19N3O5/c1-8(2)16(3)14(20)18-12(19-16)11-10(24-15(21)22)7-9-5-4-6-23-13(9)17-11/h7-8H,4-6H2,1-3H3,(H,21,22)(H,18,19,20). The second-order valence-corrected chi connectivity index (χ2v) is 6.34. The van der Waals surface area contributed by atoms with Crippen molar-refractivity contribution < 1.29 is 24.2 Å². The van der Waals surface area contributed by atoms with Gasteiger partial charge in [0.15, 0.2) is 17.3 Å². The van der Waals surface area contributed by atoms with Crippen molar-refractivity contribution in [1.82, 2.24) is 10.3 Å². The molecule has 2 aliphatic heterocycles. The number of amidine groups is 1. The fraction of sp³-hybridized carbons (Fsp3) is 0.500. The summed E-state index contributed by atoms with van der Waals surface area (Å²) >= 11 is 0. The van der Waals surface area contributed by atoms with Crippen LogP contribution < -0.4 is 14.8 Å². The number of aryl methyl sites for hydroxylation is 1. The third-order valence-corrected chi connectivity index (χ3v) is 4.44. The molecule has 2 aliphatic rings. The van der Waals surface area contributed by atoms with Crippen LogP contribution >= 0.6 is 0 Å². The van der Waals surface area contributed by atoms with Gasteiger partial charge in [-0.25, -0.2) is 14.8 Å². The fourth-order valence-corrected chi connectivity index (χ4v) is 2.64. The van der Waals surface area contributed by atoms with Crippen LogP contribution in [-0.4, -0.2) is 40.1 Å². The smallest absolute Gasteiger partial charge is 0.477 e. The number of carbonyl (C=O) groups excluding carboxylic acids is 1. The normalized spacial score (nSPS) is 22.5. The van der Waals surface area contributed by atoms with E-state index in [-0.39, 0.29) is 29.1 Å². The highest BCUT2D eigenvalue weighted by molar-refractivity contribution is 6.15. The van der Waals surface area contributed by atoms with Crippen LogP contribution in [0.4, 0.5) is 4.79 Å². The maximum Gasteiger partial charge on any atom is 0.511 e. The van der Waals surface area contributed by atoms with Gasteiger partial charge in [-0.15, -0.1) is 0 Å². The number of aromatic nitrogens is 1. The molecule has 8 heteroatoms. The average Bonchev–Trinajstić information content (AvgIpc) is 2.83. The number of pyridine rings is 1. The Hall–Kier alpha value is -2.64. The number of nitrogens with one attached hydrogen (secondary N) is 1. The molecule has 1 amide bonds. The molecule has 0 aromatic carbocycles. The lowest BCUT2D eigenvalue weighted by Crippen LogP contribution is -2.41. The molecule has 3 heterocycles. The van der Waals surface area contributed by atoms with Gasteiger partial charge in [-0.1, -0.05) is 13.8 Å². The summed E-state index contributed by atoms with van der Waals surface area (Å²) in [5.74, 6) is 0.370. The van der Waals surface area contributed by atoms with Crippen LogP contribution in [0.15, 0.2) is 11.1 Å². The Bertz CT molecular complexity index is 743. The maximum atomic E-state index is 12.3. The summed E-state index contributed by atoms with van der Waals surface area (Å²) in [6.07, 6.45) is 0.0939. The predicted molar refractivity (Wildman–Crippen MR) is 84.6 cm³/mol. The summed E-state index contributed by atoms with van der Waals surface area (Å²) in [4.78, 5) is 32.1. The van der Waals surface area contributed by atoms with E-state index in [1.165, 1.54) is 0 Å². The van der Waals surface area contributed by atoms with E-state index in [4.69, 9.17) is 14.6 Å².